The number of aliphatic hydroxyl groups is 2. The summed E-state index contributed by atoms with van der Waals surface area (Å²) in [6, 6.07) is 7.71. The number of benzene rings is 1. The molecule has 0 heterocycles. The zero-order valence-corrected chi connectivity index (χ0v) is 8.07. The lowest BCUT2D eigenvalue weighted by Gasteiger charge is -2.16. The highest BCUT2D eigenvalue weighted by molar-refractivity contribution is 5.23. The van der Waals surface area contributed by atoms with Gasteiger partial charge in [-0.3, -0.25) is 0 Å². The van der Waals surface area contributed by atoms with E-state index in [9.17, 15) is 5.11 Å². The number of rotatable bonds is 3. The van der Waals surface area contributed by atoms with E-state index in [0.717, 1.165) is 5.56 Å². The largest absolute Gasteiger partial charge is 0.396 e. The Morgan fingerprint density at radius 3 is 2.23 bits per heavy atom. The third-order valence-corrected chi connectivity index (χ3v) is 2.25. The lowest BCUT2D eigenvalue weighted by Crippen LogP contribution is -2.12. The van der Waals surface area contributed by atoms with E-state index in [2.05, 4.69) is 0 Å². The topological polar surface area (TPSA) is 40.5 Å². The molecule has 0 bridgehead atoms. The first-order valence-electron chi connectivity index (χ1n) is 4.50. The van der Waals surface area contributed by atoms with Crippen molar-refractivity contribution < 1.29 is 10.2 Å². The summed E-state index contributed by atoms with van der Waals surface area (Å²) in [5.74, 6) is -0.109. The predicted octanol–water partition coefficient (Wildman–Crippen LogP) is 1.66. The molecule has 0 aliphatic heterocycles. The maximum absolute atomic E-state index is 9.72. The molecule has 13 heavy (non-hydrogen) atoms. The second kappa shape index (κ2) is 4.40. The van der Waals surface area contributed by atoms with Crippen molar-refractivity contribution in [2.75, 3.05) is 6.61 Å². The second-order valence-corrected chi connectivity index (χ2v) is 3.52. The minimum absolute atomic E-state index is 0.00897. The van der Waals surface area contributed by atoms with E-state index in [1.807, 2.05) is 38.1 Å². The summed E-state index contributed by atoms with van der Waals surface area (Å²) in [7, 11) is 0. The Hall–Kier alpha value is -0.860. The SMILES string of the molecule is Cc1ccc([C@H](O)[C@H](C)CO)cc1. The first-order chi connectivity index (χ1) is 6.15. The van der Waals surface area contributed by atoms with Crippen molar-refractivity contribution in [2.45, 2.75) is 20.0 Å². The molecule has 2 heteroatoms. The molecule has 1 aromatic carbocycles. The highest BCUT2D eigenvalue weighted by atomic mass is 16.3. The van der Waals surface area contributed by atoms with E-state index in [0.29, 0.717) is 0 Å². The Kier molecular flexibility index (Phi) is 3.46. The lowest BCUT2D eigenvalue weighted by molar-refractivity contribution is 0.0770. The van der Waals surface area contributed by atoms with Crippen LogP contribution in [-0.2, 0) is 0 Å². The van der Waals surface area contributed by atoms with Crippen LogP contribution in [0.2, 0.25) is 0 Å². The van der Waals surface area contributed by atoms with E-state index in [-0.39, 0.29) is 12.5 Å². The third kappa shape index (κ3) is 2.54. The Morgan fingerprint density at radius 2 is 1.77 bits per heavy atom. The van der Waals surface area contributed by atoms with E-state index < -0.39 is 6.10 Å². The van der Waals surface area contributed by atoms with E-state index in [1.165, 1.54) is 5.56 Å². The molecule has 1 aromatic rings. The van der Waals surface area contributed by atoms with Gasteiger partial charge in [-0.25, -0.2) is 0 Å². The quantitative estimate of drug-likeness (QED) is 0.742. The van der Waals surface area contributed by atoms with Crippen LogP contribution in [0.5, 0.6) is 0 Å². The molecule has 0 unspecified atom stereocenters. The van der Waals surface area contributed by atoms with Crippen LogP contribution in [0, 0.1) is 12.8 Å². The maximum Gasteiger partial charge on any atom is 0.0837 e. The van der Waals surface area contributed by atoms with Gasteiger partial charge in [0.15, 0.2) is 0 Å². The van der Waals surface area contributed by atoms with Crippen molar-refractivity contribution >= 4 is 0 Å². The Balaban J connectivity index is 2.77. The van der Waals surface area contributed by atoms with Gasteiger partial charge in [-0.2, -0.15) is 0 Å². The molecular weight excluding hydrogens is 164 g/mol. The van der Waals surface area contributed by atoms with Gasteiger partial charge in [-0.1, -0.05) is 36.8 Å². The fourth-order valence-electron chi connectivity index (χ4n) is 1.19. The van der Waals surface area contributed by atoms with Crippen molar-refractivity contribution in [3.63, 3.8) is 0 Å². The van der Waals surface area contributed by atoms with Crippen LogP contribution in [0.1, 0.15) is 24.2 Å². The lowest BCUT2D eigenvalue weighted by atomic mass is 9.97. The molecule has 2 nitrogen and oxygen atoms in total. The third-order valence-electron chi connectivity index (χ3n) is 2.25. The fraction of sp³-hybridized carbons (Fsp3) is 0.455. The van der Waals surface area contributed by atoms with Crippen LogP contribution < -0.4 is 0 Å². The fourth-order valence-corrected chi connectivity index (χ4v) is 1.19. The van der Waals surface area contributed by atoms with Gasteiger partial charge in [-0.15, -0.1) is 0 Å². The van der Waals surface area contributed by atoms with Gasteiger partial charge >= 0.3 is 0 Å². The summed E-state index contributed by atoms with van der Waals surface area (Å²) in [6.45, 7) is 3.84. The summed E-state index contributed by atoms with van der Waals surface area (Å²) >= 11 is 0. The van der Waals surface area contributed by atoms with Crippen molar-refractivity contribution in [1.82, 2.24) is 0 Å². The van der Waals surface area contributed by atoms with E-state index in [1.54, 1.807) is 0 Å². The smallest absolute Gasteiger partial charge is 0.0837 e. The Labute approximate surface area is 78.8 Å². The Bertz CT molecular complexity index is 253. The van der Waals surface area contributed by atoms with Gasteiger partial charge in [0.05, 0.1) is 6.10 Å². The minimum atomic E-state index is -0.564. The summed E-state index contributed by atoms with van der Waals surface area (Å²) in [6.07, 6.45) is -0.564. The molecule has 72 valence electrons. The molecule has 0 saturated carbocycles. The summed E-state index contributed by atoms with van der Waals surface area (Å²) in [4.78, 5) is 0. The number of hydrogen-bond donors (Lipinski definition) is 2. The Morgan fingerprint density at radius 1 is 1.23 bits per heavy atom. The molecule has 0 radical (unpaired) electrons. The molecule has 0 fully saturated rings. The van der Waals surface area contributed by atoms with Crippen LogP contribution in [-0.4, -0.2) is 16.8 Å². The van der Waals surface area contributed by atoms with Crippen LogP contribution >= 0.6 is 0 Å². The van der Waals surface area contributed by atoms with E-state index >= 15 is 0 Å². The monoisotopic (exact) mass is 180 g/mol. The number of aliphatic hydroxyl groups excluding tert-OH is 2. The van der Waals surface area contributed by atoms with Gasteiger partial charge in [0.2, 0.25) is 0 Å². The first-order valence-corrected chi connectivity index (χ1v) is 4.50. The van der Waals surface area contributed by atoms with Gasteiger partial charge in [-0.05, 0) is 12.5 Å². The molecule has 0 saturated heterocycles. The molecule has 2 atom stereocenters. The van der Waals surface area contributed by atoms with Crippen molar-refractivity contribution in [3.05, 3.63) is 35.4 Å². The van der Waals surface area contributed by atoms with Gasteiger partial charge in [0.1, 0.15) is 0 Å². The molecule has 0 aliphatic carbocycles. The highest BCUT2D eigenvalue weighted by Gasteiger charge is 2.14. The highest BCUT2D eigenvalue weighted by Crippen LogP contribution is 2.21. The zero-order chi connectivity index (χ0) is 9.84. The minimum Gasteiger partial charge on any atom is -0.396 e. The van der Waals surface area contributed by atoms with Gasteiger partial charge in [0, 0.05) is 12.5 Å². The molecule has 0 amide bonds. The van der Waals surface area contributed by atoms with Crippen molar-refractivity contribution in [3.8, 4) is 0 Å². The molecule has 0 aromatic heterocycles. The van der Waals surface area contributed by atoms with Crippen LogP contribution in [0.4, 0.5) is 0 Å². The van der Waals surface area contributed by atoms with Crippen molar-refractivity contribution in [1.29, 1.82) is 0 Å². The average Bonchev–Trinajstić information content (AvgIpc) is 2.17. The van der Waals surface area contributed by atoms with Gasteiger partial charge < -0.3 is 10.2 Å². The van der Waals surface area contributed by atoms with Crippen LogP contribution in [0.3, 0.4) is 0 Å². The first kappa shape index (κ1) is 10.2. The van der Waals surface area contributed by atoms with E-state index in [4.69, 9.17) is 5.11 Å². The second-order valence-electron chi connectivity index (χ2n) is 3.52. The normalized spacial score (nSPS) is 15.4. The maximum atomic E-state index is 9.72. The summed E-state index contributed by atoms with van der Waals surface area (Å²) in [5, 5.41) is 18.6. The predicted molar refractivity (Wildman–Crippen MR) is 52.4 cm³/mol. The van der Waals surface area contributed by atoms with Crippen LogP contribution in [0.15, 0.2) is 24.3 Å². The standard InChI is InChI=1S/C11H16O2/c1-8-3-5-10(6-4-8)11(13)9(2)7-12/h3-6,9,11-13H,7H2,1-2H3/t9-,11-/m1/s1. The average molecular weight is 180 g/mol. The molecular formula is C11H16O2. The zero-order valence-electron chi connectivity index (χ0n) is 8.07. The molecule has 2 N–H and O–H groups in total. The number of aryl methyl sites for hydroxylation is 1. The molecule has 0 spiro atoms. The molecule has 0 aliphatic rings. The molecule has 1 rings (SSSR count). The van der Waals surface area contributed by atoms with Crippen molar-refractivity contribution in [2.24, 2.45) is 5.92 Å². The number of hydrogen-bond acceptors (Lipinski definition) is 2. The summed E-state index contributed by atoms with van der Waals surface area (Å²) < 4.78 is 0. The summed E-state index contributed by atoms with van der Waals surface area (Å²) in [5.41, 5.74) is 2.04. The van der Waals surface area contributed by atoms with Gasteiger partial charge in [0.25, 0.3) is 0 Å². The van der Waals surface area contributed by atoms with Crippen LogP contribution in [0.25, 0.3) is 0 Å².